The van der Waals surface area contributed by atoms with E-state index in [0.29, 0.717) is 5.13 Å². The number of fused-ring (bicyclic) bond motifs is 1. The summed E-state index contributed by atoms with van der Waals surface area (Å²) >= 11 is 4.96. The van der Waals surface area contributed by atoms with Crippen LogP contribution in [0.15, 0.2) is 34.4 Å². The molecule has 136 valence electrons. The number of rotatable bonds is 4. The lowest BCUT2D eigenvalue weighted by Gasteiger charge is -2.30. The molecule has 1 saturated heterocycles. The number of hydrogen-bond acceptors (Lipinski definition) is 5. The van der Waals surface area contributed by atoms with Crippen LogP contribution in [0.1, 0.15) is 24.2 Å². The summed E-state index contributed by atoms with van der Waals surface area (Å²) in [5.41, 5.74) is 2.96. The van der Waals surface area contributed by atoms with Gasteiger partial charge in [0.25, 0.3) is 0 Å². The van der Waals surface area contributed by atoms with Crippen molar-refractivity contribution in [3.05, 3.63) is 45.8 Å². The number of imidazole rings is 1. The molecule has 1 aliphatic rings. The largest absolute Gasteiger partial charge is 0.306 e. The standard InChI is InChI=1S/C18H20BrN5OS/c1-12-11-26-18(20-12)22-17(25)13-4-6-23(7-5-13)9-15-10-24-8-14(19)2-3-16(24)21-15/h2-3,8,10-11,13H,4-7,9H2,1H3,(H,20,22,25). The first kappa shape index (κ1) is 17.6. The Morgan fingerprint density at radius 2 is 2.12 bits per heavy atom. The van der Waals surface area contributed by atoms with E-state index in [9.17, 15) is 4.79 Å². The van der Waals surface area contributed by atoms with Gasteiger partial charge in [0.2, 0.25) is 5.91 Å². The third kappa shape index (κ3) is 3.97. The Bertz CT molecular complexity index is 929. The number of anilines is 1. The van der Waals surface area contributed by atoms with Crippen LogP contribution in [0, 0.1) is 12.8 Å². The van der Waals surface area contributed by atoms with Crippen LogP contribution < -0.4 is 5.32 Å². The second-order valence-electron chi connectivity index (χ2n) is 6.68. The third-order valence-electron chi connectivity index (χ3n) is 4.66. The average molecular weight is 434 g/mol. The van der Waals surface area contributed by atoms with Crippen molar-refractivity contribution in [2.45, 2.75) is 26.3 Å². The minimum Gasteiger partial charge on any atom is -0.306 e. The molecular formula is C18H20BrN5OS. The van der Waals surface area contributed by atoms with Gasteiger partial charge in [0.1, 0.15) is 5.65 Å². The predicted octanol–water partition coefficient (Wildman–Crippen LogP) is 3.71. The minimum absolute atomic E-state index is 0.0625. The van der Waals surface area contributed by atoms with Crippen LogP contribution >= 0.6 is 27.3 Å². The number of thiazole rings is 1. The molecule has 26 heavy (non-hydrogen) atoms. The second kappa shape index (κ2) is 7.46. The highest BCUT2D eigenvalue weighted by Gasteiger charge is 2.26. The molecule has 0 unspecified atom stereocenters. The zero-order valence-electron chi connectivity index (χ0n) is 14.5. The number of amides is 1. The van der Waals surface area contributed by atoms with Gasteiger partial charge in [-0.1, -0.05) is 0 Å². The zero-order chi connectivity index (χ0) is 18.1. The Morgan fingerprint density at radius 3 is 2.85 bits per heavy atom. The molecule has 3 aromatic heterocycles. The Balaban J connectivity index is 1.32. The van der Waals surface area contributed by atoms with E-state index in [1.54, 1.807) is 0 Å². The van der Waals surface area contributed by atoms with E-state index in [2.05, 4.69) is 42.3 Å². The molecule has 1 aliphatic heterocycles. The van der Waals surface area contributed by atoms with Crippen LogP contribution in [0.4, 0.5) is 5.13 Å². The van der Waals surface area contributed by atoms with Crippen molar-refractivity contribution < 1.29 is 4.79 Å². The average Bonchev–Trinajstić information content (AvgIpc) is 3.20. The number of nitrogens with one attached hydrogen (secondary N) is 1. The SMILES string of the molecule is Cc1csc(NC(=O)C2CCN(Cc3cn4cc(Br)ccc4n3)CC2)n1. The van der Waals surface area contributed by atoms with Crippen LogP contribution in [0.25, 0.3) is 5.65 Å². The molecule has 1 N–H and O–H groups in total. The fourth-order valence-corrected chi connectivity index (χ4v) is 4.34. The summed E-state index contributed by atoms with van der Waals surface area (Å²) in [5.74, 6) is 0.157. The minimum atomic E-state index is 0.0625. The Labute approximate surface area is 164 Å². The van der Waals surface area contributed by atoms with Gasteiger partial charge in [0, 0.05) is 34.7 Å². The van der Waals surface area contributed by atoms with Gasteiger partial charge in [0.15, 0.2) is 5.13 Å². The fourth-order valence-electron chi connectivity index (χ4n) is 3.29. The quantitative estimate of drug-likeness (QED) is 0.680. The van der Waals surface area contributed by atoms with Gasteiger partial charge in [-0.2, -0.15) is 0 Å². The van der Waals surface area contributed by atoms with Crippen LogP contribution in [-0.2, 0) is 11.3 Å². The molecule has 0 spiro atoms. The zero-order valence-corrected chi connectivity index (χ0v) is 16.9. The maximum Gasteiger partial charge on any atom is 0.229 e. The highest BCUT2D eigenvalue weighted by Crippen LogP contribution is 2.22. The number of pyridine rings is 1. The van der Waals surface area contributed by atoms with Crippen molar-refractivity contribution in [3.8, 4) is 0 Å². The van der Waals surface area contributed by atoms with Crippen LogP contribution in [0.3, 0.4) is 0 Å². The fraction of sp³-hybridized carbons (Fsp3) is 0.389. The van der Waals surface area contributed by atoms with Crippen LogP contribution in [0.2, 0.25) is 0 Å². The van der Waals surface area contributed by atoms with E-state index >= 15 is 0 Å². The lowest BCUT2D eigenvalue weighted by Crippen LogP contribution is -2.37. The Kier molecular flexibility index (Phi) is 5.06. The normalized spacial score (nSPS) is 16.2. The van der Waals surface area contributed by atoms with E-state index in [0.717, 1.165) is 54.0 Å². The summed E-state index contributed by atoms with van der Waals surface area (Å²) < 4.78 is 3.08. The van der Waals surface area contributed by atoms with Crippen molar-refractivity contribution in [3.63, 3.8) is 0 Å². The van der Waals surface area contributed by atoms with Gasteiger partial charge in [-0.3, -0.25) is 9.69 Å². The number of carbonyl (C=O) groups is 1. The molecule has 0 radical (unpaired) electrons. The number of nitrogens with zero attached hydrogens (tertiary/aromatic N) is 4. The van der Waals surface area contributed by atoms with Crippen molar-refractivity contribution in [2.24, 2.45) is 5.92 Å². The van der Waals surface area contributed by atoms with E-state index in [1.165, 1.54) is 11.3 Å². The van der Waals surface area contributed by atoms with Crippen molar-refractivity contribution in [2.75, 3.05) is 18.4 Å². The summed E-state index contributed by atoms with van der Waals surface area (Å²) in [5, 5.41) is 5.60. The Hall–Kier alpha value is -1.77. The summed E-state index contributed by atoms with van der Waals surface area (Å²) in [4.78, 5) is 23.8. The number of halogens is 1. The lowest BCUT2D eigenvalue weighted by molar-refractivity contribution is -0.121. The highest BCUT2D eigenvalue weighted by molar-refractivity contribution is 9.10. The topological polar surface area (TPSA) is 62.5 Å². The highest BCUT2D eigenvalue weighted by atomic mass is 79.9. The molecule has 0 atom stereocenters. The monoisotopic (exact) mass is 433 g/mol. The summed E-state index contributed by atoms with van der Waals surface area (Å²) in [6.07, 6.45) is 5.83. The smallest absolute Gasteiger partial charge is 0.229 e. The number of carbonyl (C=O) groups excluding carboxylic acids is 1. The van der Waals surface area contributed by atoms with E-state index in [-0.39, 0.29) is 11.8 Å². The number of aryl methyl sites for hydroxylation is 1. The molecule has 0 aromatic carbocycles. The molecule has 0 saturated carbocycles. The molecule has 1 amide bonds. The summed E-state index contributed by atoms with van der Waals surface area (Å²) in [6, 6.07) is 4.00. The molecule has 4 heterocycles. The molecule has 0 bridgehead atoms. The van der Waals surface area contributed by atoms with E-state index in [1.807, 2.05) is 35.0 Å². The van der Waals surface area contributed by atoms with Crippen molar-refractivity contribution in [1.29, 1.82) is 0 Å². The molecule has 3 aromatic rings. The van der Waals surface area contributed by atoms with E-state index in [4.69, 9.17) is 0 Å². The second-order valence-corrected chi connectivity index (χ2v) is 8.45. The number of piperidine rings is 1. The van der Waals surface area contributed by atoms with Gasteiger partial charge in [0.05, 0.1) is 11.4 Å². The number of hydrogen-bond donors (Lipinski definition) is 1. The third-order valence-corrected chi connectivity index (χ3v) is 6.00. The molecule has 4 rings (SSSR count). The van der Waals surface area contributed by atoms with Crippen LogP contribution in [0.5, 0.6) is 0 Å². The van der Waals surface area contributed by atoms with Gasteiger partial charge >= 0.3 is 0 Å². The first-order valence-electron chi connectivity index (χ1n) is 8.65. The maximum atomic E-state index is 12.4. The van der Waals surface area contributed by atoms with Gasteiger partial charge in [-0.15, -0.1) is 11.3 Å². The first-order valence-corrected chi connectivity index (χ1v) is 10.3. The lowest BCUT2D eigenvalue weighted by atomic mass is 9.96. The predicted molar refractivity (Wildman–Crippen MR) is 106 cm³/mol. The first-order chi connectivity index (χ1) is 12.6. The molecular weight excluding hydrogens is 414 g/mol. The maximum absolute atomic E-state index is 12.4. The molecule has 0 aliphatic carbocycles. The summed E-state index contributed by atoms with van der Waals surface area (Å²) in [7, 11) is 0. The molecule has 1 fully saturated rings. The Morgan fingerprint density at radius 1 is 1.31 bits per heavy atom. The van der Waals surface area contributed by atoms with Gasteiger partial charge in [-0.25, -0.2) is 9.97 Å². The summed E-state index contributed by atoms with van der Waals surface area (Å²) in [6.45, 7) is 4.57. The molecule has 8 heteroatoms. The number of likely N-dealkylation sites (tertiary alicyclic amines) is 1. The molecule has 6 nitrogen and oxygen atoms in total. The van der Waals surface area contributed by atoms with E-state index < -0.39 is 0 Å². The van der Waals surface area contributed by atoms with Gasteiger partial charge < -0.3 is 9.72 Å². The van der Waals surface area contributed by atoms with Crippen molar-refractivity contribution in [1.82, 2.24) is 19.3 Å². The van der Waals surface area contributed by atoms with Crippen molar-refractivity contribution >= 4 is 44.0 Å². The van der Waals surface area contributed by atoms with Crippen LogP contribution in [-0.4, -0.2) is 38.3 Å². The number of aromatic nitrogens is 3. The van der Waals surface area contributed by atoms with Gasteiger partial charge in [-0.05, 0) is 60.9 Å².